The summed E-state index contributed by atoms with van der Waals surface area (Å²) in [4.78, 5) is 18.0. The van der Waals surface area contributed by atoms with Crippen molar-refractivity contribution in [1.29, 1.82) is 0 Å². The van der Waals surface area contributed by atoms with E-state index in [2.05, 4.69) is 11.9 Å². The maximum absolute atomic E-state index is 11.9. The van der Waals surface area contributed by atoms with Crippen LogP contribution in [0.5, 0.6) is 0 Å². The number of aromatic nitrogens is 2. The minimum atomic E-state index is 0.0142. The molecule has 0 atom stereocenters. The molecule has 2 aromatic heterocycles. The van der Waals surface area contributed by atoms with Gasteiger partial charge in [0.25, 0.3) is 0 Å². The Morgan fingerprint density at radius 2 is 2.33 bits per heavy atom. The molecule has 0 N–H and O–H groups in total. The highest BCUT2D eigenvalue weighted by Crippen LogP contribution is 2.19. The van der Waals surface area contributed by atoms with Gasteiger partial charge in [0.2, 0.25) is 5.78 Å². The van der Waals surface area contributed by atoms with E-state index in [0.29, 0.717) is 5.69 Å². The first-order chi connectivity index (χ1) is 7.20. The molecule has 0 spiro atoms. The summed E-state index contributed by atoms with van der Waals surface area (Å²) in [6, 6.07) is 3.88. The second-order valence-corrected chi connectivity index (χ2v) is 4.54. The molecule has 2 heterocycles. The van der Waals surface area contributed by atoms with Gasteiger partial charge in [0.05, 0.1) is 11.2 Å². The first-order valence-electron chi connectivity index (χ1n) is 4.82. The Morgan fingerprint density at radius 3 is 2.87 bits per heavy atom. The van der Waals surface area contributed by atoms with E-state index < -0.39 is 0 Å². The number of thiophene rings is 1. The third-order valence-corrected chi connectivity index (χ3v) is 3.40. The number of nitrogens with zero attached hydrogens (tertiary/aromatic N) is 2. The first-order valence-corrected chi connectivity index (χ1v) is 5.63. The SMILES string of the molecule is CCc1ccc(C(=O)c2cn(C)cn2)s1. The van der Waals surface area contributed by atoms with Gasteiger partial charge in [-0.05, 0) is 18.6 Å². The maximum atomic E-state index is 11.9. The Morgan fingerprint density at radius 1 is 1.53 bits per heavy atom. The number of hydrogen-bond donors (Lipinski definition) is 0. The van der Waals surface area contributed by atoms with Crippen molar-refractivity contribution in [1.82, 2.24) is 9.55 Å². The van der Waals surface area contributed by atoms with Gasteiger partial charge >= 0.3 is 0 Å². The van der Waals surface area contributed by atoms with Crippen LogP contribution >= 0.6 is 11.3 Å². The number of rotatable bonds is 3. The van der Waals surface area contributed by atoms with Gasteiger partial charge in [0.15, 0.2) is 0 Å². The molecule has 3 nitrogen and oxygen atoms in total. The molecule has 0 aliphatic heterocycles. The lowest BCUT2D eigenvalue weighted by atomic mass is 10.2. The lowest BCUT2D eigenvalue weighted by Gasteiger charge is -1.91. The van der Waals surface area contributed by atoms with Gasteiger partial charge in [-0.25, -0.2) is 4.98 Å². The van der Waals surface area contributed by atoms with Crippen LogP contribution < -0.4 is 0 Å². The minimum absolute atomic E-state index is 0.0142. The third kappa shape index (κ3) is 1.99. The highest BCUT2D eigenvalue weighted by Gasteiger charge is 2.13. The second-order valence-electron chi connectivity index (χ2n) is 3.37. The Kier molecular flexibility index (Phi) is 2.68. The minimum Gasteiger partial charge on any atom is -0.340 e. The fourth-order valence-corrected chi connectivity index (χ4v) is 2.24. The lowest BCUT2D eigenvalue weighted by Crippen LogP contribution is -1.98. The van der Waals surface area contributed by atoms with Crippen LogP contribution in [0.15, 0.2) is 24.7 Å². The Balaban J connectivity index is 2.28. The molecule has 15 heavy (non-hydrogen) atoms. The van der Waals surface area contributed by atoms with Crippen molar-refractivity contribution < 1.29 is 4.79 Å². The molecule has 0 unspecified atom stereocenters. The Labute approximate surface area is 92.4 Å². The summed E-state index contributed by atoms with van der Waals surface area (Å²) in [5.41, 5.74) is 0.516. The number of imidazole rings is 1. The molecule has 4 heteroatoms. The van der Waals surface area contributed by atoms with Crippen molar-refractivity contribution in [3.8, 4) is 0 Å². The summed E-state index contributed by atoms with van der Waals surface area (Å²) in [5, 5.41) is 0. The van der Waals surface area contributed by atoms with Gasteiger partial charge in [-0.15, -0.1) is 11.3 Å². The number of carbonyl (C=O) groups excluding carboxylic acids is 1. The average Bonchev–Trinajstić information content (AvgIpc) is 2.84. The molecule has 2 rings (SSSR count). The fraction of sp³-hybridized carbons (Fsp3) is 0.273. The van der Waals surface area contributed by atoms with Gasteiger partial charge in [-0.1, -0.05) is 6.92 Å². The molecule has 0 aliphatic rings. The van der Waals surface area contributed by atoms with E-state index >= 15 is 0 Å². The Hall–Kier alpha value is -1.42. The van der Waals surface area contributed by atoms with E-state index in [1.54, 1.807) is 28.4 Å². The predicted octanol–water partition coefficient (Wildman–Crippen LogP) is 2.28. The molecule has 0 fully saturated rings. The number of ketones is 1. The number of hydrogen-bond acceptors (Lipinski definition) is 3. The van der Waals surface area contributed by atoms with Crippen LogP contribution in [0.1, 0.15) is 27.2 Å². The normalized spacial score (nSPS) is 10.5. The molecule has 0 bridgehead atoms. The fourth-order valence-electron chi connectivity index (χ4n) is 1.35. The van der Waals surface area contributed by atoms with Crippen LogP contribution in [-0.4, -0.2) is 15.3 Å². The lowest BCUT2D eigenvalue weighted by molar-refractivity contribution is 0.103. The summed E-state index contributed by atoms with van der Waals surface area (Å²) in [6.07, 6.45) is 4.36. The van der Waals surface area contributed by atoms with Crippen LogP contribution in [0, 0.1) is 0 Å². The van der Waals surface area contributed by atoms with Crippen LogP contribution in [-0.2, 0) is 13.5 Å². The number of aryl methyl sites for hydroxylation is 2. The molecular formula is C11H12N2OS. The van der Waals surface area contributed by atoms with E-state index in [-0.39, 0.29) is 5.78 Å². The summed E-state index contributed by atoms with van der Waals surface area (Å²) >= 11 is 1.55. The largest absolute Gasteiger partial charge is 0.340 e. The molecule has 0 amide bonds. The van der Waals surface area contributed by atoms with E-state index in [9.17, 15) is 4.79 Å². The topological polar surface area (TPSA) is 34.9 Å². The second kappa shape index (κ2) is 3.98. The summed E-state index contributed by atoms with van der Waals surface area (Å²) in [7, 11) is 1.86. The van der Waals surface area contributed by atoms with Crippen molar-refractivity contribution in [2.24, 2.45) is 7.05 Å². The molecular weight excluding hydrogens is 208 g/mol. The smallest absolute Gasteiger partial charge is 0.222 e. The van der Waals surface area contributed by atoms with Gasteiger partial charge in [-0.3, -0.25) is 4.79 Å². The van der Waals surface area contributed by atoms with E-state index in [4.69, 9.17) is 0 Å². The highest BCUT2D eigenvalue weighted by atomic mass is 32.1. The quantitative estimate of drug-likeness (QED) is 0.744. The van der Waals surface area contributed by atoms with E-state index in [1.165, 1.54) is 4.88 Å². The molecule has 2 aromatic rings. The van der Waals surface area contributed by atoms with Crippen LogP contribution in [0.25, 0.3) is 0 Å². The van der Waals surface area contributed by atoms with Gasteiger partial charge in [0, 0.05) is 18.1 Å². The zero-order valence-corrected chi connectivity index (χ0v) is 9.54. The van der Waals surface area contributed by atoms with Crippen LogP contribution in [0.4, 0.5) is 0 Å². The molecule has 0 aromatic carbocycles. The van der Waals surface area contributed by atoms with Crippen molar-refractivity contribution in [3.05, 3.63) is 40.1 Å². The summed E-state index contributed by atoms with van der Waals surface area (Å²) in [5.74, 6) is 0.0142. The summed E-state index contributed by atoms with van der Waals surface area (Å²) < 4.78 is 1.78. The van der Waals surface area contributed by atoms with Crippen molar-refractivity contribution in [2.75, 3.05) is 0 Å². The molecule has 0 radical (unpaired) electrons. The van der Waals surface area contributed by atoms with Crippen molar-refractivity contribution >= 4 is 17.1 Å². The van der Waals surface area contributed by atoms with E-state index in [0.717, 1.165) is 11.3 Å². The predicted molar refractivity (Wildman–Crippen MR) is 60.3 cm³/mol. The maximum Gasteiger partial charge on any atom is 0.222 e. The van der Waals surface area contributed by atoms with Crippen molar-refractivity contribution in [3.63, 3.8) is 0 Å². The van der Waals surface area contributed by atoms with Gasteiger partial charge in [0.1, 0.15) is 5.69 Å². The van der Waals surface area contributed by atoms with Gasteiger partial charge in [-0.2, -0.15) is 0 Å². The molecule has 78 valence electrons. The van der Waals surface area contributed by atoms with Crippen molar-refractivity contribution in [2.45, 2.75) is 13.3 Å². The zero-order valence-electron chi connectivity index (χ0n) is 8.73. The van der Waals surface area contributed by atoms with E-state index in [1.807, 2.05) is 19.2 Å². The molecule has 0 saturated carbocycles. The standard InChI is InChI=1S/C11H12N2OS/c1-3-8-4-5-10(15-8)11(14)9-6-13(2)7-12-9/h4-7H,3H2,1-2H3. The number of carbonyl (C=O) groups is 1. The zero-order chi connectivity index (χ0) is 10.8. The molecule has 0 saturated heterocycles. The van der Waals surface area contributed by atoms with Crippen LogP contribution in [0.3, 0.4) is 0 Å². The van der Waals surface area contributed by atoms with Crippen LogP contribution in [0.2, 0.25) is 0 Å². The third-order valence-electron chi connectivity index (χ3n) is 2.17. The highest BCUT2D eigenvalue weighted by molar-refractivity contribution is 7.14. The molecule has 0 aliphatic carbocycles. The first kappa shape index (κ1) is 10.1. The summed E-state index contributed by atoms with van der Waals surface area (Å²) in [6.45, 7) is 2.08. The Bertz CT molecular complexity index is 484. The monoisotopic (exact) mass is 220 g/mol. The average molecular weight is 220 g/mol. The van der Waals surface area contributed by atoms with Gasteiger partial charge < -0.3 is 4.57 Å².